The summed E-state index contributed by atoms with van der Waals surface area (Å²) in [6.45, 7) is 2.02. The number of likely N-dealkylation sites (N-methyl/N-ethyl adjacent to an activating group) is 1. The van der Waals surface area contributed by atoms with Gasteiger partial charge in [-0.15, -0.1) is 0 Å². The van der Waals surface area contributed by atoms with Crippen LogP contribution in [0.1, 0.15) is 16.7 Å². The number of hydrogen-bond donors (Lipinski definition) is 1. The maximum Gasteiger partial charge on any atom is 0.248 e. The summed E-state index contributed by atoms with van der Waals surface area (Å²) < 4.78 is 5.12. The van der Waals surface area contributed by atoms with E-state index in [1.165, 1.54) is 11.1 Å². The van der Waals surface area contributed by atoms with E-state index < -0.39 is 0 Å². The molecule has 124 valence electrons. The summed E-state index contributed by atoms with van der Waals surface area (Å²) in [7, 11) is 3.75. The van der Waals surface area contributed by atoms with E-state index in [1.807, 2.05) is 30.3 Å². The van der Waals surface area contributed by atoms with Crippen molar-refractivity contribution < 1.29 is 9.53 Å². The van der Waals surface area contributed by atoms with Crippen LogP contribution in [0.3, 0.4) is 0 Å². The predicted octanol–water partition coefficient (Wildman–Crippen LogP) is 3.34. The largest absolute Gasteiger partial charge is 0.497 e. The molecule has 24 heavy (non-hydrogen) atoms. The highest BCUT2D eigenvalue weighted by Gasteiger charge is 2.13. The highest BCUT2D eigenvalue weighted by molar-refractivity contribution is 6.02. The third-order valence-electron chi connectivity index (χ3n) is 4.22. The number of rotatable bonds is 4. The maximum atomic E-state index is 12.1. The van der Waals surface area contributed by atoms with Crippen molar-refractivity contribution in [2.24, 2.45) is 0 Å². The summed E-state index contributed by atoms with van der Waals surface area (Å²) in [6.07, 6.45) is 4.41. The molecule has 1 amide bonds. The van der Waals surface area contributed by atoms with Crippen molar-refractivity contribution in [1.82, 2.24) is 4.90 Å². The minimum absolute atomic E-state index is 0.130. The number of fused-ring (bicyclic) bond motifs is 1. The molecule has 0 spiro atoms. The van der Waals surface area contributed by atoms with Crippen molar-refractivity contribution >= 4 is 17.7 Å². The number of anilines is 1. The van der Waals surface area contributed by atoms with Gasteiger partial charge < -0.3 is 15.0 Å². The molecule has 1 aliphatic rings. The average molecular weight is 322 g/mol. The van der Waals surface area contributed by atoms with E-state index in [9.17, 15) is 4.79 Å². The zero-order valence-corrected chi connectivity index (χ0v) is 14.1. The van der Waals surface area contributed by atoms with Crippen LogP contribution >= 0.6 is 0 Å². The molecule has 0 bridgehead atoms. The number of methoxy groups -OCH3 is 1. The summed E-state index contributed by atoms with van der Waals surface area (Å²) in [4.78, 5) is 14.4. The first-order valence-corrected chi connectivity index (χ1v) is 8.07. The second-order valence-electron chi connectivity index (χ2n) is 6.07. The number of nitrogens with one attached hydrogen (secondary N) is 1. The van der Waals surface area contributed by atoms with Gasteiger partial charge in [-0.3, -0.25) is 4.79 Å². The number of hydrogen-bond acceptors (Lipinski definition) is 3. The summed E-state index contributed by atoms with van der Waals surface area (Å²) in [5.74, 6) is 0.672. The molecule has 4 heteroatoms. The quantitative estimate of drug-likeness (QED) is 0.878. The van der Waals surface area contributed by atoms with Gasteiger partial charge in [-0.2, -0.15) is 0 Å². The van der Waals surface area contributed by atoms with Gasteiger partial charge in [-0.1, -0.05) is 18.2 Å². The normalized spacial score (nSPS) is 14.4. The molecule has 0 unspecified atom stereocenters. The van der Waals surface area contributed by atoms with Crippen LogP contribution in [0.15, 0.2) is 48.5 Å². The molecule has 0 saturated carbocycles. The molecule has 0 fully saturated rings. The van der Waals surface area contributed by atoms with Crippen molar-refractivity contribution in [1.29, 1.82) is 0 Å². The van der Waals surface area contributed by atoms with Crippen molar-refractivity contribution in [3.63, 3.8) is 0 Å². The Morgan fingerprint density at radius 3 is 2.71 bits per heavy atom. The molecular formula is C20H22N2O2. The van der Waals surface area contributed by atoms with E-state index in [0.29, 0.717) is 0 Å². The molecule has 0 radical (unpaired) electrons. The number of ether oxygens (including phenoxy) is 1. The minimum atomic E-state index is -0.130. The smallest absolute Gasteiger partial charge is 0.248 e. The number of nitrogens with zero attached hydrogens (tertiary/aromatic N) is 1. The fraction of sp³-hybridized carbons (Fsp3) is 0.250. The minimum Gasteiger partial charge on any atom is -0.497 e. The van der Waals surface area contributed by atoms with Gasteiger partial charge in [0.15, 0.2) is 0 Å². The van der Waals surface area contributed by atoms with E-state index in [-0.39, 0.29) is 5.91 Å². The molecule has 0 atom stereocenters. The third kappa shape index (κ3) is 4.03. The Hall–Kier alpha value is -2.59. The second-order valence-corrected chi connectivity index (χ2v) is 6.07. The van der Waals surface area contributed by atoms with Crippen LogP contribution in [0.25, 0.3) is 6.08 Å². The van der Waals surface area contributed by atoms with Crippen molar-refractivity contribution in [2.45, 2.75) is 13.0 Å². The Bertz CT molecular complexity index is 751. The van der Waals surface area contributed by atoms with Crippen LogP contribution in [0.2, 0.25) is 0 Å². The fourth-order valence-corrected chi connectivity index (χ4v) is 2.85. The van der Waals surface area contributed by atoms with Gasteiger partial charge >= 0.3 is 0 Å². The van der Waals surface area contributed by atoms with Crippen molar-refractivity contribution in [3.05, 3.63) is 65.2 Å². The zero-order chi connectivity index (χ0) is 16.9. The number of benzene rings is 2. The first-order valence-electron chi connectivity index (χ1n) is 8.07. The van der Waals surface area contributed by atoms with Gasteiger partial charge in [0, 0.05) is 24.9 Å². The summed E-state index contributed by atoms with van der Waals surface area (Å²) >= 11 is 0. The molecule has 2 aromatic carbocycles. The van der Waals surface area contributed by atoms with E-state index in [2.05, 4.69) is 29.4 Å². The lowest BCUT2D eigenvalue weighted by Crippen LogP contribution is -2.26. The second kappa shape index (κ2) is 7.32. The molecule has 2 aromatic rings. The average Bonchev–Trinajstić information content (AvgIpc) is 2.60. The molecule has 1 aliphatic heterocycles. The number of carbonyl (C=O) groups is 1. The molecule has 4 nitrogen and oxygen atoms in total. The van der Waals surface area contributed by atoms with E-state index in [0.717, 1.165) is 36.5 Å². The monoisotopic (exact) mass is 322 g/mol. The van der Waals surface area contributed by atoms with Crippen LogP contribution in [0.4, 0.5) is 5.69 Å². The molecule has 0 saturated heterocycles. The Kier molecular flexibility index (Phi) is 4.96. The van der Waals surface area contributed by atoms with Gasteiger partial charge in [0.2, 0.25) is 5.91 Å². The SMILES string of the molecule is COc1ccc(/C=C/C(=O)Nc2ccc3c(c2)CN(C)CC3)cc1. The standard InChI is InChI=1S/C20H22N2O2/c1-22-12-11-16-6-7-18(13-17(16)14-22)21-20(23)10-5-15-3-8-19(24-2)9-4-15/h3-10,13H,11-12,14H2,1-2H3,(H,21,23)/b10-5+. The molecule has 3 rings (SSSR count). The van der Waals surface area contributed by atoms with Crippen LogP contribution in [0, 0.1) is 0 Å². The predicted molar refractivity (Wildman–Crippen MR) is 97.1 cm³/mol. The van der Waals surface area contributed by atoms with Crippen LogP contribution in [0.5, 0.6) is 5.75 Å². The number of amides is 1. The maximum absolute atomic E-state index is 12.1. The lowest BCUT2D eigenvalue weighted by molar-refractivity contribution is -0.111. The first kappa shape index (κ1) is 16.3. The Morgan fingerprint density at radius 2 is 1.96 bits per heavy atom. The molecule has 1 heterocycles. The molecule has 0 aliphatic carbocycles. The van der Waals surface area contributed by atoms with E-state index in [1.54, 1.807) is 19.3 Å². The van der Waals surface area contributed by atoms with Crippen LogP contribution in [-0.2, 0) is 17.8 Å². The topological polar surface area (TPSA) is 41.6 Å². The van der Waals surface area contributed by atoms with Gasteiger partial charge in [0.1, 0.15) is 5.75 Å². The number of carbonyl (C=O) groups excluding carboxylic acids is 1. The Morgan fingerprint density at radius 1 is 1.17 bits per heavy atom. The van der Waals surface area contributed by atoms with E-state index in [4.69, 9.17) is 4.74 Å². The van der Waals surface area contributed by atoms with E-state index >= 15 is 0 Å². The fourth-order valence-electron chi connectivity index (χ4n) is 2.85. The molecule has 0 aromatic heterocycles. The van der Waals surface area contributed by atoms with Crippen molar-refractivity contribution in [2.75, 3.05) is 26.0 Å². The van der Waals surface area contributed by atoms with Gasteiger partial charge in [0.05, 0.1) is 7.11 Å². The lowest BCUT2D eigenvalue weighted by Gasteiger charge is -2.25. The highest BCUT2D eigenvalue weighted by atomic mass is 16.5. The lowest BCUT2D eigenvalue weighted by atomic mass is 9.99. The van der Waals surface area contributed by atoms with Crippen LogP contribution in [-0.4, -0.2) is 31.5 Å². The Balaban J connectivity index is 1.64. The van der Waals surface area contributed by atoms with Gasteiger partial charge in [-0.05, 0) is 60.5 Å². The van der Waals surface area contributed by atoms with Crippen molar-refractivity contribution in [3.8, 4) is 5.75 Å². The van der Waals surface area contributed by atoms with Crippen LogP contribution < -0.4 is 10.1 Å². The van der Waals surface area contributed by atoms with Gasteiger partial charge in [-0.25, -0.2) is 0 Å². The zero-order valence-electron chi connectivity index (χ0n) is 14.1. The highest BCUT2D eigenvalue weighted by Crippen LogP contribution is 2.22. The third-order valence-corrected chi connectivity index (χ3v) is 4.22. The summed E-state index contributed by atoms with van der Waals surface area (Å²) in [5.41, 5.74) is 4.46. The Labute approximate surface area is 142 Å². The first-order chi connectivity index (χ1) is 11.6. The van der Waals surface area contributed by atoms with Gasteiger partial charge in [0.25, 0.3) is 0 Å². The summed E-state index contributed by atoms with van der Waals surface area (Å²) in [6, 6.07) is 13.7. The molecular weight excluding hydrogens is 300 g/mol. The summed E-state index contributed by atoms with van der Waals surface area (Å²) in [5, 5.41) is 2.93. The molecule has 1 N–H and O–H groups in total.